The molecule has 0 saturated carbocycles. The van der Waals surface area contributed by atoms with Crippen molar-refractivity contribution >= 4 is 0 Å². The molecule has 48 heavy (non-hydrogen) atoms. The molecule has 0 aromatic carbocycles. The summed E-state index contributed by atoms with van der Waals surface area (Å²) in [6.45, 7) is 16.6. The molecule has 0 atom stereocenters. The van der Waals surface area contributed by atoms with E-state index in [1.807, 2.05) is 0 Å². The summed E-state index contributed by atoms with van der Waals surface area (Å²) in [6.07, 6.45) is 50.4. The van der Waals surface area contributed by atoms with Gasteiger partial charge in [0.2, 0.25) is 0 Å². The molecule has 0 N–H and O–H groups in total. The van der Waals surface area contributed by atoms with Gasteiger partial charge in [-0.3, -0.25) is 0 Å². The molecule has 2 saturated heterocycles. The molecule has 0 amide bonds. The van der Waals surface area contributed by atoms with Crippen molar-refractivity contribution in [2.24, 2.45) is 0 Å². The van der Waals surface area contributed by atoms with Gasteiger partial charge in [-0.2, -0.15) is 0 Å². The molecule has 2 rings (SSSR count). The van der Waals surface area contributed by atoms with Gasteiger partial charge in [-0.25, -0.2) is 0 Å². The monoisotopic (exact) mass is 805 g/mol. The second kappa shape index (κ2) is 34.9. The fourth-order valence-corrected chi connectivity index (χ4v) is 9.31. The van der Waals surface area contributed by atoms with Gasteiger partial charge in [0.05, 0.1) is 52.4 Å². The first kappa shape index (κ1) is 48.9. The third-order valence-electron chi connectivity index (χ3n) is 12.5. The Balaban J connectivity index is 0.0000110. The normalized spacial score (nSPS) is 16.6. The summed E-state index contributed by atoms with van der Waals surface area (Å²) in [5, 5.41) is 0. The molecule has 0 unspecified atom stereocenters. The van der Waals surface area contributed by atoms with Gasteiger partial charge in [0, 0.05) is 38.5 Å². The summed E-state index contributed by atoms with van der Waals surface area (Å²) in [7, 11) is 0. The lowest BCUT2D eigenvalue weighted by molar-refractivity contribution is -0.923. The number of hydrogen-bond donors (Lipinski definition) is 0. The molecule has 0 aliphatic carbocycles. The first-order chi connectivity index (χ1) is 22.7. The van der Waals surface area contributed by atoms with Crippen molar-refractivity contribution in [2.75, 3.05) is 52.4 Å². The van der Waals surface area contributed by atoms with Crippen molar-refractivity contribution in [3.8, 4) is 0 Å². The third-order valence-corrected chi connectivity index (χ3v) is 12.5. The van der Waals surface area contributed by atoms with Gasteiger partial charge in [0.15, 0.2) is 0 Å². The van der Waals surface area contributed by atoms with E-state index in [0.717, 1.165) is 0 Å². The molecule has 0 aromatic rings. The minimum absolute atomic E-state index is 0. The molecule has 0 bridgehead atoms. The van der Waals surface area contributed by atoms with Crippen molar-refractivity contribution < 1.29 is 42.9 Å². The molecule has 2 fully saturated rings. The average Bonchev–Trinajstić information content (AvgIpc) is 3.74. The molecule has 2 aliphatic rings. The van der Waals surface area contributed by atoms with Crippen LogP contribution in [-0.4, -0.2) is 61.3 Å². The standard InChI is InChI=1S/C44H90N2.2BrH/c1-3-5-7-9-11-13-15-17-19-21-23-25-27-29-37-45(39-31-32-40-45)43-35-36-44-46(41-33-34-42-46)38-30-28-26-24-22-20-18-16-14-12-10-8-6-4-2;;/h3-44H2,1-2H3;2*1H/q+2;;/p-2. The maximum Gasteiger partial charge on any atom is 0.0788 e. The Morgan fingerprint density at radius 1 is 0.250 bits per heavy atom. The minimum Gasteiger partial charge on any atom is -1.00 e. The van der Waals surface area contributed by atoms with Gasteiger partial charge >= 0.3 is 0 Å². The number of rotatable bonds is 35. The quantitative estimate of drug-likeness (QED) is 0.0451. The number of halogens is 2. The number of likely N-dealkylation sites (tertiary alicyclic amines) is 2. The second-order valence-electron chi connectivity index (χ2n) is 16.8. The highest BCUT2D eigenvalue weighted by atomic mass is 79.9. The van der Waals surface area contributed by atoms with Crippen LogP contribution < -0.4 is 34.0 Å². The van der Waals surface area contributed by atoms with E-state index < -0.39 is 0 Å². The van der Waals surface area contributed by atoms with E-state index in [1.54, 1.807) is 0 Å². The summed E-state index contributed by atoms with van der Waals surface area (Å²) in [5.74, 6) is 0. The first-order valence-corrected chi connectivity index (χ1v) is 22.4. The van der Waals surface area contributed by atoms with Gasteiger partial charge in [0.25, 0.3) is 0 Å². The zero-order valence-electron chi connectivity index (χ0n) is 33.3. The molecule has 0 spiro atoms. The number of hydrogen-bond acceptors (Lipinski definition) is 0. The van der Waals surface area contributed by atoms with Crippen LogP contribution in [0.15, 0.2) is 0 Å². The number of nitrogens with zero attached hydrogens (tertiary/aromatic N) is 2. The highest BCUT2D eigenvalue weighted by Gasteiger charge is 2.33. The van der Waals surface area contributed by atoms with Gasteiger partial charge in [-0.1, -0.05) is 168 Å². The van der Waals surface area contributed by atoms with Crippen LogP contribution in [0.2, 0.25) is 0 Å². The summed E-state index contributed by atoms with van der Waals surface area (Å²) in [6, 6.07) is 0. The Morgan fingerprint density at radius 3 is 0.625 bits per heavy atom. The van der Waals surface area contributed by atoms with Crippen LogP contribution >= 0.6 is 0 Å². The highest BCUT2D eigenvalue weighted by molar-refractivity contribution is 4.60. The molecular formula is C44H90Br2N2. The Labute approximate surface area is 325 Å². The van der Waals surface area contributed by atoms with E-state index in [4.69, 9.17) is 0 Å². The van der Waals surface area contributed by atoms with Gasteiger partial charge in [-0.05, 0) is 25.7 Å². The maximum atomic E-state index is 2.32. The van der Waals surface area contributed by atoms with E-state index >= 15 is 0 Å². The van der Waals surface area contributed by atoms with Crippen LogP contribution in [0.4, 0.5) is 0 Å². The summed E-state index contributed by atoms with van der Waals surface area (Å²) >= 11 is 0. The van der Waals surface area contributed by atoms with E-state index in [1.165, 1.54) is 280 Å². The second-order valence-corrected chi connectivity index (χ2v) is 16.8. The van der Waals surface area contributed by atoms with Crippen LogP contribution in [0.1, 0.15) is 232 Å². The maximum absolute atomic E-state index is 2.32. The fourth-order valence-electron chi connectivity index (χ4n) is 9.31. The number of quaternary nitrogens is 2. The smallest absolute Gasteiger partial charge is 0.0788 e. The zero-order valence-corrected chi connectivity index (χ0v) is 36.5. The number of unbranched alkanes of at least 4 members (excludes halogenated alkanes) is 27. The fraction of sp³-hybridized carbons (Fsp3) is 1.00. The van der Waals surface area contributed by atoms with Gasteiger partial charge in [0.1, 0.15) is 0 Å². The Hall–Kier alpha value is 0.880. The van der Waals surface area contributed by atoms with Crippen LogP contribution in [0.5, 0.6) is 0 Å². The minimum atomic E-state index is 0. The Bertz CT molecular complexity index is 575. The molecular weight excluding hydrogens is 716 g/mol. The van der Waals surface area contributed by atoms with Crippen molar-refractivity contribution in [1.29, 1.82) is 0 Å². The average molecular weight is 807 g/mol. The van der Waals surface area contributed by atoms with Gasteiger partial charge in [-0.15, -0.1) is 0 Å². The Kier molecular flexibility index (Phi) is 35.6. The van der Waals surface area contributed by atoms with Crippen LogP contribution in [0.3, 0.4) is 0 Å². The van der Waals surface area contributed by atoms with Crippen molar-refractivity contribution in [1.82, 2.24) is 0 Å². The molecule has 290 valence electrons. The molecule has 2 aliphatic heterocycles. The van der Waals surface area contributed by atoms with Crippen molar-refractivity contribution in [3.63, 3.8) is 0 Å². The predicted octanol–water partition coefficient (Wildman–Crippen LogP) is 7.96. The summed E-state index contributed by atoms with van der Waals surface area (Å²) in [5.41, 5.74) is 0. The third kappa shape index (κ3) is 25.8. The van der Waals surface area contributed by atoms with Gasteiger partial charge < -0.3 is 42.9 Å². The molecule has 0 radical (unpaired) electrons. The highest BCUT2D eigenvalue weighted by Crippen LogP contribution is 2.26. The van der Waals surface area contributed by atoms with E-state index in [0.29, 0.717) is 0 Å². The Morgan fingerprint density at radius 2 is 0.417 bits per heavy atom. The molecule has 0 aromatic heterocycles. The predicted molar refractivity (Wildman–Crippen MR) is 208 cm³/mol. The lowest BCUT2D eigenvalue weighted by Crippen LogP contribution is -3.00. The summed E-state index contributed by atoms with van der Waals surface area (Å²) < 4.78 is 2.99. The van der Waals surface area contributed by atoms with Crippen LogP contribution in [-0.2, 0) is 0 Å². The lowest BCUT2D eigenvalue weighted by atomic mass is 10.0. The van der Waals surface area contributed by atoms with Crippen molar-refractivity contribution in [2.45, 2.75) is 232 Å². The van der Waals surface area contributed by atoms with E-state index in [2.05, 4.69) is 13.8 Å². The first-order valence-electron chi connectivity index (χ1n) is 22.4. The zero-order chi connectivity index (χ0) is 32.7. The topological polar surface area (TPSA) is 0 Å². The molecule has 2 heterocycles. The summed E-state index contributed by atoms with van der Waals surface area (Å²) in [4.78, 5) is 0. The largest absolute Gasteiger partial charge is 1.00 e. The molecule has 2 nitrogen and oxygen atoms in total. The van der Waals surface area contributed by atoms with E-state index in [-0.39, 0.29) is 34.0 Å². The molecule has 4 heteroatoms. The van der Waals surface area contributed by atoms with Crippen LogP contribution in [0.25, 0.3) is 0 Å². The van der Waals surface area contributed by atoms with Crippen molar-refractivity contribution in [3.05, 3.63) is 0 Å². The van der Waals surface area contributed by atoms with Crippen LogP contribution in [0, 0.1) is 0 Å². The lowest BCUT2D eigenvalue weighted by Gasteiger charge is -2.37. The van der Waals surface area contributed by atoms with E-state index in [9.17, 15) is 0 Å². The SMILES string of the molecule is CCCCCCCCCCCCCCCC[N+]1(CCCC[N+]2(CCCCCCCCCCCCCCCC)CCCC2)CCCC1.[Br-].[Br-].